The SMILES string of the molecule is CC(=O)OC/C=C/C(C)O[Si](C)(C)C(C)(C)C. The number of hydrogen-bond acceptors (Lipinski definition) is 3. The average Bonchev–Trinajstić information content (AvgIpc) is 2.09. The van der Waals surface area contributed by atoms with Crippen LogP contribution in [-0.2, 0) is 14.0 Å². The maximum absolute atomic E-state index is 10.6. The summed E-state index contributed by atoms with van der Waals surface area (Å²) in [5.41, 5.74) is 0. The third-order valence-corrected chi connectivity index (χ3v) is 7.65. The van der Waals surface area contributed by atoms with E-state index in [1.165, 1.54) is 6.92 Å². The van der Waals surface area contributed by atoms with Gasteiger partial charge in [0.15, 0.2) is 8.32 Å². The van der Waals surface area contributed by atoms with Crippen molar-refractivity contribution in [1.82, 2.24) is 0 Å². The van der Waals surface area contributed by atoms with Gasteiger partial charge in [-0.2, -0.15) is 0 Å². The van der Waals surface area contributed by atoms with E-state index in [1.807, 2.05) is 19.1 Å². The third-order valence-electron chi connectivity index (χ3n) is 3.08. The first-order valence-electron chi connectivity index (χ1n) is 6.04. The Morgan fingerprint density at radius 1 is 1.35 bits per heavy atom. The lowest BCUT2D eigenvalue weighted by molar-refractivity contribution is -0.139. The average molecular weight is 258 g/mol. The van der Waals surface area contributed by atoms with Crippen molar-refractivity contribution in [2.45, 2.75) is 58.9 Å². The molecule has 0 radical (unpaired) electrons. The van der Waals surface area contributed by atoms with E-state index in [2.05, 4.69) is 33.9 Å². The van der Waals surface area contributed by atoms with Crippen molar-refractivity contribution in [3.63, 3.8) is 0 Å². The maximum atomic E-state index is 10.6. The normalized spacial score (nSPS) is 15.0. The van der Waals surface area contributed by atoms with Crippen LogP contribution in [0.3, 0.4) is 0 Å². The smallest absolute Gasteiger partial charge is 0.302 e. The topological polar surface area (TPSA) is 35.5 Å². The number of rotatable bonds is 5. The van der Waals surface area contributed by atoms with Gasteiger partial charge in [0.05, 0.1) is 6.10 Å². The summed E-state index contributed by atoms with van der Waals surface area (Å²) in [6.45, 7) is 14.8. The summed E-state index contributed by atoms with van der Waals surface area (Å²) in [7, 11) is -1.71. The van der Waals surface area contributed by atoms with Crippen LogP contribution in [0.5, 0.6) is 0 Å². The summed E-state index contributed by atoms with van der Waals surface area (Å²) >= 11 is 0. The van der Waals surface area contributed by atoms with Crippen LogP contribution in [0, 0.1) is 0 Å². The Kier molecular flexibility index (Phi) is 6.13. The highest BCUT2D eigenvalue weighted by molar-refractivity contribution is 6.74. The largest absolute Gasteiger partial charge is 0.462 e. The van der Waals surface area contributed by atoms with Gasteiger partial charge in [0.1, 0.15) is 6.61 Å². The highest BCUT2D eigenvalue weighted by Crippen LogP contribution is 2.37. The van der Waals surface area contributed by atoms with E-state index in [0.717, 1.165) is 0 Å². The molecule has 100 valence electrons. The van der Waals surface area contributed by atoms with Gasteiger partial charge in [-0.05, 0) is 31.1 Å². The van der Waals surface area contributed by atoms with E-state index < -0.39 is 8.32 Å². The van der Waals surface area contributed by atoms with Crippen LogP contribution >= 0.6 is 0 Å². The number of ether oxygens (including phenoxy) is 1. The van der Waals surface area contributed by atoms with Gasteiger partial charge in [-0.1, -0.05) is 26.8 Å². The molecule has 0 aliphatic carbocycles. The van der Waals surface area contributed by atoms with E-state index in [1.54, 1.807) is 0 Å². The molecule has 0 aromatic rings. The Hall–Kier alpha value is -0.613. The van der Waals surface area contributed by atoms with E-state index in [4.69, 9.17) is 9.16 Å². The first-order chi connectivity index (χ1) is 7.56. The lowest BCUT2D eigenvalue weighted by Crippen LogP contribution is -2.42. The van der Waals surface area contributed by atoms with Crippen molar-refractivity contribution in [2.24, 2.45) is 0 Å². The molecule has 0 N–H and O–H groups in total. The standard InChI is InChI=1S/C13H26O3Si/c1-11(9-8-10-15-12(2)14)16-17(6,7)13(3,4)5/h8-9,11H,10H2,1-7H3/b9-8+. The van der Waals surface area contributed by atoms with Gasteiger partial charge in [0, 0.05) is 6.92 Å². The summed E-state index contributed by atoms with van der Waals surface area (Å²) in [5.74, 6) is -0.257. The molecule has 0 aromatic carbocycles. The minimum atomic E-state index is -1.71. The van der Waals surface area contributed by atoms with E-state index in [9.17, 15) is 4.79 Å². The fourth-order valence-electron chi connectivity index (χ4n) is 1.09. The Morgan fingerprint density at radius 3 is 2.29 bits per heavy atom. The predicted octanol–water partition coefficient (Wildman–Crippen LogP) is 3.52. The number of carbonyl (C=O) groups excluding carboxylic acids is 1. The molecular formula is C13H26O3Si. The molecule has 0 heterocycles. The van der Waals surface area contributed by atoms with Crippen molar-refractivity contribution >= 4 is 14.3 Å². The Balaban J connectivity index is 4.18. The molecule has 0 saturated carbocycles. The molecule has 0 saturated heterocycles. The monoisotopic (exact) mass is 258 g/mol. The summed E-state index contributed by atoms with van der Waals surface area (Å²) in [6.07, 6.45) is 3.84. The molecule has 1 atom stereocenters. The lowest BCUT2D eigenvalue weighted by Gasteiger charge is -2.37. The summed E-state index contributed by atoms with van der Waals surface area (Å²) < 4.78 is 10.9. The maximum Gasteiger partial charge on any atom is 0.302 e. The van der Waals surface area contributed by atoms with Gasteiger partial charge in [-0.3, -0.25) is 4.79 Å². The van der Waals surface area contributed by atoms with Crippen molar-refractivity contribution in [1.29, 1.82) is 0 Å². The molecule has 0 fully saturated rings. The number of carbonyl (C=O) groups is 1. The first kappa shape index (κ1) is 16.4. The molecule has 1 unspecified atom stereocenters. The Morgan fingerprint density at radius 2 is 1.88 bits per heavy atom. The van der Waals surface area contributed by atoms with Crippen LogP contribution in [0.15, 0.2) is 12.2 Å². The van der Waals surface area contributed by atoms with Gasteiger partial charge >= 0.3 is 5.97 Å². The number of esters is 1. The zero-order chi connectivity index (χ0) is 13.7. The fourth-order valence-corrected chi connectivity index (χ4v) is 2.46. The summed E-state index contributed by atoms with van der Waals surface area (Å²) in [6, 6.07) is 0. The molecule has 0 amide bonds. The zero-order valence-corrected chi connectivity index (χ0v) is 13.2. The molecule has 4 heteroatoms. The van der Waals surface area contributed by atoms with Crippen molar-refractivity contribution < 1.29 is 14.0 Å². The molecule has 0 aliphatic heterocycles. The van der Waals surface area contributed by atoms with Crippen molar-refractivity contribution in [3.8, 4) is 0 Å². The Labute approximate surface area is 106 Å². The van der Waals surface area contributed by atoms with Crippen LogP contribution in [0.1, 0.15) is 34.6 Å². The molecule has 17 heavy (non-hydrogen) atoms. The molecule has 0 spiro atoms. The molecule has 0 aromatic heterocycles. The van der Waals surface area contributed by atoms with Gasteiger partial charge in [-0.25, -0.2) is 0 Å². The van der Waals surface area contributed by atoms with Gasteiger partial charge in [-0.15, -0.1) is 0 Å². The quantitative estimate of drug-likeness (QED) is 0.430. The van der Waals surface area contributed by atoms with Crippen LogP contribution in [0.2, 0.25) is 18.1 Å². The minimum absolute atomic E-state index is 0.0615. The molecule has 3 nitrogen and oxygen atoms in total. The van der Waals surface area contributed by atoms with Crippen molar-refractivity contribution in [3.05, 3.63) is 12.2 Å². The van der Waals surface area contributed by atoms with Gasteiger partial charge < -0.3 is 9.16 Å². The van der Waals surface area contributed by atoms with Gasteiger partial charge in [0.25, 0.3) is 0 Å². The second-order valence-electron chi connectivity index (χ2n) is 5.81. The molecule has 0 rings (SSSR count). The van der Waals surface area contributed by atoms with Gasteiger partial charge in [0.2, 0.25) is 0 Å². The second kappa shape index (κ2) is 6.35. The van der Waals surface area contributed by atoms with Crippen LogP contribution in [0.4, 0.5) is 0 Å². The van der Waals surface area contributed by atoms with Crippen LogP contribution in [0.25, 0.3) is 0 Å². The molecule has 0 bridgehead atoms. The highest BCUT2D eigenvalue weighted by Gasteiger charge is 2.37. The van der Waals surface area contributed by atoms with Crippen LogP contribution in [-0.4, -0.2) is 27.0 Å². The second-order valence-corrected chi connectivity index (χ2v) is 10.6. The fraction of sp³-hybridized carbons (Fsp3) is 0.769. The van der Waals surface area contributed by atoms with E-state index in [-0.39, 0.29) is 17.1 Å². The number of hydrogen-bond donors (Lipinski definition) is 0. The summed E-state index contributed by atoms with van der Waals surface area (Å²) in [4.78, 5) is 10.6. The minimum Gasteiger partial charge on any atom is -0.462 e. The zero-order valence-electron chi connectivity index (χ0n) is 12.2. The lowest BCUT2D eigenvalue weighted by atomic mass is 10.2. The van der Waals surface area contributed by atoms with Crippen LogP contribution < -0.4 is 0 Å². The van der Waals surface area contributed by atoms with E-state index in [0.29, 0.717) is 6.61 Å². The van der Waals surface area contributed by atoms with E-state index >= 15 is 0 Å². The first-order valence-corrected chi connectivity index (χ1v) is 8.95. The molecule has 0 aliphatic rings. The highest BCUT2D eigenvalue weighted by atomic mass is 28.4. The molecular weight excluding hydrogens is 232 g/mol. The third kappa shape index (κ3) is 6.63. The summed E-state index contributed by atoms with van der Waals surface area (Å²) in [5, 5.41) is 0.213. The Bertz CT molecular complexity index is 277. The van der Waals surface area contributed by atoms with Crippen molar-refractivity contribution in [2.75, 3.05) is 6.61 Å². The predicted molar refractivity (Wildman–Crippen MR) is 73.5 cm³/mol.